The van der Waals surface area contributed by atoms with E-state index in [1.807, 2.05) is 11.0 Å². The number of nitrogens with two attached hydrogens (primary N) is 1. The lowest BCUT2D eigenvalue weighted by Crippen LogP contribution is -2.37. The quantitative estimate of drug-likeness (QED) is 0.869. The molecular weight excluding hydrogens is 270 g/mol. The van der Waals surface area contributed by atoms with Gasteiger partial charge in [0.05, 0.1) is 34.8 Å². The Morgan fingerprint density at radius 1 is 1.39 bits per heavy atom. The third kappa shape index (κ3) is 2.03. The maximum atomic E-state index is 6.09. The number of rotatable bonds is 1. The van der Waals surface area contributed by atoms with Crippen LogP contribution in [0.15, 0.2) is 18.5 Å². The number of anilines is 3. The highest BCUT2D eigenvalue weighted by atomic mass is 35.5. The summed E-state index contributed by atoms with van der Waals surface area (Å²) in [7, 11) is 2.06. The summed E-state index contributed by atoms with van der Waals surface area (Å²) < 4.78 is 0.788. The molecule has 94 valence electrons. The summed E-state index contributed by atoms with van der Waals surface area (Å²) in [5, 5.41) is 0. The van der Waals surface area contributed by atoms with E-state index in [1.165, 1.54) is 4.88 Å². The molecule has 0 spiro atoms. The Morgan fingerprint density at radius 3 is 2.83 bits per heavy atom. The fourth-order valence-corrected chi connectivity index (χ4v) is 3.33. The van der Waals surface area contributed by atoms with Crippen LogP contribution in [0.25, 0.3) is 0 Å². The monoisotopic (exact) mass is 281 g/mol. The molecular formula is C11H12ClN5S. The Kier molecular flexibility index (Phi) is 2.85. The number of nitrogen functional groups attached to an aromatic ring is 1. The predicted octanol–water partition coefficient (Wildman–Crippen LogP) is 2.31. The van der Waals surface area contributed by atoms with Crippen LogP contribution in [0.1, 0.15) is 4.88 Å². The van der Waals surface area contributed by atoms with Gasteiger partial charge in [-0.3, -0.25) is 9.80 Å². The van der Waals surface area contributed by atoms with Crippen LogP contribution < -0.4 is 10.6 Å². The second-order valence-corrected chi connectivity index (χ2v) is 6.03. The van der Waals surface area contributed by atoms with Gasteiger partial charge in [0.15, 0.2) is 0 Å². The fraction of sp³-hybridized carbons (Fsp3) is 0.273. The highest BCUT2D eigenvalue weighted by molar-refractivity contribution is 7.16. The van der Waals surface area contributed by atoms with E-state index in [0.717, 1.165) is 23.2 Å². The van der Waals surface area contributed by atoms with Gasteiger partial charge in [-0.2, -0.15) is 0 Å². The Hall–Kier alpha value is -1.37. The molecule has 0 radical (unpaired) electrons. The molecule has 3 rings (SSSR count). The van der Waals surface area contributed by atoms with Crippen molar-refractivity contribution in [3.63, 3.8) is 0 Å². The van der Waals surface area contributed by atoms with Crippen molar-refractivity contribution >= 4 is 40.3 Å². The van der Waals surface area contributed by atoms with E-state index < -0.39 is 0 Å². The fourth-order valence-electron chi connectivity index (χ4n) is 1.98. The van der Waals surface area contributed by atoms with Crippen molar-refractivity contribution in [2.45, 2.75) is 6.54 Å². The third-order valence-corrected chi connectivity index (χ3v) is 3.98. The average molecular weight is 282 g/mol. The van der Waals surface area contributed by atoms with Crippen LogP contribution in [-0.4, -0.2) is 28.6 Å². The van der Waals surface area contributed by atoms with Crippen molar-refractivity contribution in [2.24, 2.45) is 0 Å². The average Bonchev–Trinajstić information content (AvgIpc) is 2.69. The molecule has 2 aromatic heterocycles. The smallest absolute Gasteiger partial charge is 0.231 e. The van der Waals surface area contributed by atoms with Gasteiger partial charge in [0, 0.05) is 11.4 Å². The SMILES string of the molecule is CN1Cc2sc(Cl)cc2N(c2ncc(N)cn2)C1. The van der Waals surface area contributed by atoms with Gasteiger partial charge in [-0.25, -0.2) is 9.97 Å². The topological polar surface area (TPSA) is 58.3 Å². The second-order valence-electron chi connectivity index (χ2n) is 4.26. The van der Waals surface area contributed by atoms with Crippen LogP contribution in [0.4, 0.5) is 17.3 Å². The molecule has 0 fully saturated rings. The van der Waals surface area contributed by atoms with Crippen molar-refractivity contribution in [1.82, 2.24) is 14.9 Å². The molecule has 1 aliphatic heterocycles. The number of hydrogen-bond acceptors (Lipinski definition) is 6. The van der Waals surface area contributed by atoms with E-state index in [0.29, 0.717) is 11.6 Å². The standard InChI is InChI=1S/C11H12ClN5S/c1-16-5-9-8(2-10(12)18-9)17(6-16)11-14-3-7(13)4-15-11/h2-4H,5-6,13H2,1H3. The first kappa shape index (κ1) is 11.7. The summed E-state index contributed by atoms with van der Waals surface area (Å²) in [6.07, 6.45) is 3.23. The van der Waals surface area contributed by atoms with Crippen molar-refractivity contribution in [3.05, 3.63) is 27.7 Å². The van der Waals surface area contributed by atoms with Gasteiger partial charge >= 0.3 is 0 Å². The zero-order valence-corrected chi connectivity index (χ0v) is 11.4. The van der Waals surface area contributed by atoms with Crippen LogP contribution in [0.5, 0.6) is 0 Å². The first-order valence-electron chi connectivity index (χ1n) is 5.45. The Morgan fingerprint density at radius 2 is 2.11 bits per heavy atom. The minimum absolute atomic E-state index is 0.563. The molecule has 18 heavy (non-hydrogen) atoms. The normalized spacial score (nSPS) is 15.8. The van der Waals surface area contributed by atoms with Crippen LogP contribution in [0.2, 0.25) is 4.34 Å². The van der Waals surface area contributed by atoms with Gasteiger partial charge in [-0.15, -0.1) is 11.3 Å². The largest absolute Gasteiger partial charge is 0.396 e. The highest BCUT2D eigenvalue weighted by Crippen LogP contribution is 2.39. The van der Waals surface area contributed by atoms with Gasteiger partial charge in [-0.05, 0) is 13.1 Å². The summed E-state index contributed by atoms with van der Waals surface area (Å²) in [6.45, 7) is 1.64. The molecule has 0 aliphatic carbocycles. The van der Waals surface area contributed by atoms with Crippen molar-refractivity contribution in [1.29, 1.82) is 0 Å². The molecule has 0 saturated heterocycles. The molecule has 0 aromatic carbocycles. The molecule has 7 heteroatoms. The molecule has 0 unspecified atom stereocenters. The number of halogens is 1. The van der Waals surface area contributed by atoms with Crippen molar-refractivity contribution < 1.29 is 0 Å². The van der Waals surface area contributed by atoms with E-state index in [9.17, 15) is 0 Å². The minimum atomic E-state index is 0.563. The lowest BCUT2D eigenvalue weighted by molar-refractivity contribution is 0.323. The van der Waals surface area contributed by atoms with Crippen molar-refractivity contribution in [3.8, 4) is 0 Å². The molecule has 3 heterocycles. The van der Waals surface area contributed by atoms with Crippen LogP contribution in [0, 0.1) is 0 Å². The molecule has 5 nitrogen and oxygen atoms in total. The Bertz CT molecular complexity index is 567. The van der Waals surface area contributed by atoms with E-state index >= 15 is 0 Å². The van der Waals surface area contributed by atoms with E-state index in [-0.39, 0.29) is 0 Å². The van der Waals surface area contributed by atoms with Gasteiger partial charge in [0.2, 0.25) is 5.95 Å². The zero-order valence-electron chi connectivity index (χ0n) is 9.80. The summed E-state index contributed by atoms with van der Waals surface area (Å²) in [5.41, 5.74) is 7.26. The molecule has 1 aliphatic rings. The minimum Gasteiger partial charge on any atom is -0.396 e. The number of thiophene rings is 1. The predicted molar refractivity (Wildman–Crippen MR) is 74.2 cm³/mol. The third-order valence-electron chi connectivity index (χ3n) is 2.74. The second kappa shape index (κ2) is 4.38. The number of nitrogens with zero attached hydrogens (tertiary/aromatic N) is 4. The lowest BCUT2D eigenvalue weighted by atomic mass is 10.3. The number of aromatic nitrogens is 2. The van der Waals surface area contributed by atoms with E-state index in [4.69, 9.17) is 17.3 Å². The summed E-state index contributed by atoms with van der Waals surface area (Å²) in [4.78, 5) is 14.0. The van der Waals surface area contributed by atoms with E-state index in [2.05, 4.69) is 21.9 Å². The van der Waals surface area contributed by atoms with Crippen LogP contribution in [0.3, 0.4) is 0 Å². The lowest BCUT2D eigenvalue weighted by Gasteiger charge is -2.32. The summed E-state index contributed by atoms with van der Waals surface area (Å²) in [6, 6.07) is 1.97. The maximum absolute atomic E-state index is 6.09. The number of hydrogen-bond donors (Lipinski definition) is 1. The summed E-state index contributed by atoms with van der Waals surface area (Å²) in [5.74, 6) is 0.645. The molecule has 0 saturated carbocycles. The van der Waals surface area contributed by atoms with E-state index in [1.54, 1.807) is 23.7 Å². The Labute approximate surface area is 114 Å². The highest BCUT2D eigenvalue weighted by Gasteiger charge is 2.25. The molecule has 0 atom stereocenters. The number of fused-ring (bicyclic) bond motifs is 1. The van der Waals surface area contributed by atoms with Gasteiger partial charge < -0.3 is 5.73 Å². The Balaban J connectivity index is 2.04. The summed E-state index contributed by atoms with van der Waals surface area (Å²) >= 11 is 7.69. The molecule has 0 bridgehead atoms. The molecule has 2 aromatic rings. The van der Waals surface area contributed by atoms with Gasteiger partial charge in [0.1, 0.15) is 0 Å². The first-order valence-corrected chi connectivity index (χ1v) is 6.65. The van der Waals surface area contributed by atoms with Gasteiger partial charge in [-0.1, -0.05) is 11.6 Å². The molecule has 0 amide bonds. The first-order chi connectivity index (χ1) is 8.63. The molecule has 2 N–H and O–H groups in total. The zero-order chi connectivity index (χ0) is 12.7. The maximum Gasteiger partial charge on any atom is 0.231 e. The van der Waals surface area contributed by atoms with Crippen molar-refractivity contribution in [2.75, 3.05) is 24.3 Å². The van der Waals surface area contributed by atoms with Crippen LogP contribution in [-0.2, 0) is 6.54 Å². The van der Waals surface area contributed by atoms with Crippen LogP contribution >= 0.6 is 22.9 Å². The van der Waals surface area contributed by atoms with Gasteiger partial charge in [0.25, 0.3) is 0 Å².